The van der Waals surface area contributed by atoms with Gasteiger partial charge >= 0.3 is 5.97 Å². The van der Waals surface area contributed by atoms with E-state index >= 15 is 0 Å². The molecule has 0 aromatic carbocycles. The standard InChI is InChI=1S/C16H27NO3/c1-11-5-6-16(15(19)20-8-7-17(3)4)9-12(2)14(18)13(11)10-16/h11-12,18H,5-10H2,1-4H3/t11-,12?,16?/m0/s1. The fourth-order valence-electron chi connectivity index (χ4n) is 3.54. The molecule has 1 fully saturated rings. The molecule has 2 aliphatic rings. The van der Waals surface area contributed by atoms with Crippen LogP contribution in [0.15, 0.2) is 11.3 Å². The van der Waals surface area contributed by atoms with E-state index in [9.17, 15) is 9.90 Å². The van der Waals surface area contributed by atoms with Crippen molar-refractivity contribution in [2.75, 3.05) is 27.2 Å². The van der Waals surface area contributed by atoms with Crippen LogP contribution in [0.1, 0.15) is 39.5 Å². The maximum absolute atomic E-state index is 12.5. The zero-order chi connectivity index (χ0) is 14.9. The van der Waals surface area contributed by atoms with Gasteiger partial charge in [-0.3, -0.25) is 4.79 Å². The number of rotatable bonds is 4. The largest absolute Gasteiger partial charge is 0.512 e. The molecule has 3 atom stereocenters. The molecule has 2 bridgehead atoms. The molecule has 0 radical (unpaired) electrons. The molecule has 2 unspecified atom stereocenters. The first kappa shape index (κ1) is 15.4. The highest BCUT2D eigenvalue weighted by atomic mass is 16.5. The van der Waals surface area contributed by atoms with Gasteiger partial charge in [-0.25, -0.2) is 0 Å². The maximum atomic E-state index is 12.5. The van der Waals surface area contributed by atoms with Crippen LogP contribution in [0, 0.1) is 17.3 Å². The van der Waals surface area contributed by atoms with Gasteiger partial charge in [0, 0.05) is 12.5 Å². The van der Waals surface area contributed by atoms with E-state index in [-0.39, 0.29) is 17.3 Å². The highest BCUT2D eigenvalue weighted by molar-refractivity contribution is 5.78. The van der Waals surface area contributed by atoms with Crippen molar-refractivity contribution in [3.63, 3.8) is 0 Å². The summed E-state index contributed by atoms with van der Waals surface area (Å²) in [7, 11) is 3.94. The van der Waals surface area contributed by atoms with Crippen LogP contribution in [0.4, 0.5) is 0 Å². The zero-order valence-corrected chi connectivity index (χ0v) is 13.1. The molecule has 1 saturated carbocycles. The lowest BCUT2D eigenvalue weighted by Crippen LogP contribution is -2.43. The topological polar surface area (TPSA) is 49.8 Å². The number of hydrogen-bond donors (Lipinski definition) is 1. The molecule has 2 rings (SSSR count). The molecule has 0 spiro atoms. The summed E-state index contributed by atoms with van der Waals surface area (Å²) in [5, 5.41) is 10.2. The lowest BCUT2D eigenvalue weighted by atomic mass is 9.60. The van der Waals surface area contributed by atoms with Crippen LogP contribution in [0.3, 0.4) is 0 Å². The van der Waals surface area contributed by atoms with Crippen LogP contribution in [-0.4, -0.2) is 43.2 Å². The van der Waals surface area contributed by atoms with Crippen molar-refractivity contribution in [3.8, 4) is 0 Å². The van der Waals surface area contributed by atoms with Gasteiger partial charge in [-0.2, -0.15) is 0 Å². The number of likely N-dealkylation sites (N-methyl/N-ethyl adjacent to an activating group) is 1. The molecular formula is C16H27NO3. The quantitative estimate of drug-likeness (QED) is 0.805. The van der Waals surface area contributed by atoms with Crippen LogP contribution < -0.4 is 0 Å². The molecule has 0 saturated heterocycles. The van der Waals surface area contributed by atoms with Crippen molar-refractivity contribution in [2.24, 2.45) is 17.3 Å². The predicted molar refractivity (Wildman–Crippen MR) is 78.4 cm³/mol. The Bertz CT molecular complexity index is 416. The highest BCUT2D eigenvalue weighted by Crippen LogP contribution is 2.52. The summed E-state index contributed by atoms with van der Waals surface area (Å²) in [5.74, 6) is 0.917. The summed E-state index contributed by atoms with van der Waals surface area (Å²) >= 11 is 0. The molecule has 4 heteroatoms. The van der Waals surface area contributed by atoms with E-state index in [2.05, 4.69) is 6.92 Å². The van der Waals surface area contributed by atoms with Gasteiger partial charge in [-0.1, -0.05) is 13.8 Å². The Balaban J connectivity index is 2.09. The summed E-state index contributed by atoms with van der Waals surface area (Å²) in [6, 6.07) is 0. The van der Waals surface area contributed by atoms with Gasteiger partial charge in [0.2, 0.25) is 0 Å². The fraction of sp³-hybridized carbons (Fsp3) is 0.812. The molecular weight excluding hydrogens is 254 g/mol. The number of esters is 1. The summed E-state index contributed by atoms with van der Waals surface area (Å²) in [6.45, 7) is 5.35. The van der Waals surface area contributed by atoms with Crippen LogP contribution in [0.5, 0.6) is 0 Å². The third-order valence-electron chi connectivity index (χ3n) is 4.88. The number of ether oxygens (including phenoxy) is 1. The van der Waals surface area contributed by atoms with E-state index in [0.29, 0.717) is 24.7 Å². The molecule has 0 heterocycles. The lowest BCUT2D eigenvalue weighted by molar-refractivity contribution is -0.160. The number of nitrogens with zero attached hydrogens (tertiary/aromatic N) is 1. The Labute approximate surface area is 121 Å². The molecule has 2 aliphatic carbocycles. The SMILES string of the molecule is CC1CC2(C(=O)OCCN(C)C)CC[C@H](C)C(=C1O)C2. The lowest BCUT2D eigenvalue weighted by Gasteiger charge is -2.44. The smallest absolute Gasteiger partial charge is 0.312 e. The summed E-state index contributed by atoms with van der Waals surface area (Å²) in [6.07, 6.45) is 3.26. The van der Waals surface area contributed by atoms with Gasteiger partial charge in [-0.15, -0.1) is 0 Å². The summed E-state index contributed by atoms with van der Waals surface area (Å²) in [4.78, 5) is 14.5. The van der Waals surface area contributed by atoms with Crippen molar-refractivity contribution >= 4 is 5.97 Å². The number of aliphatic hydroxyl groups excluding tert-OH is 1. The minimum absolute atomic E-state index is 0.0666. The van der Waals surface area contributed by atoms with E-state index in [1.807, 2.05) is 25.9 Å². The average Bonchev–Trinajstić information content (AvgIpc) is 2.39. The first-order chi connectivity index (χ1) is 9.35. The molecule has 4 nitrogen and oxygen atoms in total. The monoisotopic (exact) mass is 281 g/mol. The minimum atomic E-state index is -0.389. The van der Waals surface area contributed by atoms with E-state index in [4.69, 9.17) is 4.74 Å². The van der Waals surface area contributed by atoms with Crippen molar-refractivity contribution in [2.45, 2.75) is 39.5 Å². The van der Waals surface area contributed by atoms with Crippen molar-refractivity contribution in [1.82, 2.24) is 4.90 Å². The zero-order valence-electron chi connectivity index (χ0n) is 13.1. The molecule has 20 heavy (non-hydrogen) atoms. The fourth-order valence-corrected chi connectivity index (χ4v) is 3.54. The molecule has 0 aromatic heterocycles. The number of carbonyl (C=O) groups is 1. The van der Waals surface area contributed by atoms with Gasteiger partial charge in [0.05, 0.1) is 11.2 Å². The third-order valence-corrected chi connectivity index (χ3v) is 4.88. The van der Waals surface area contributed by atoms with Gasteiger partial charge in [0.15, 0.2) is 0 Å². The highest BCUT2D eigenvalue weighted by Gasteiger charge is 2.49. The number of fused-ring (bicyclic) bond motifs is 2. The maximum Gasteiger partial charge on any atom is 0.312 e. The number of hydrogen-bond acceptors (Lipinski definition) is 4. The van der Waals surface area contributed by atoms with E-state index < -0.39 is 0 Å². The first-order valence-corrected chi connectivity index (χ1v) is 7.59. The summed E-state index contributed by atoms with van der Waals surface area (Å²) in [5.41, 5.74) is 0.694. The van der Waals surface area contributed by atoms with Gasteiger partial charge < -0.3 is 14.7 Å². The third kappa shape index (κ3) is 2.85. The van der Waals surface area contributed by atoms with Gasteiger partial charge in [0.1, 0.15) is 6.61 Å². The Morgan fingerprint density at radius 3 is 2.75 bits per heavy atom. The molecule has 0 amide bonds. The predicted octanol–water partition coefficient (Wildman–Crippen LogP) is 2.75. The van der Waals surface area contributed by atoms with E-state index in [0.717, 1.165) is 31.4 Å². The minimum Gasteiger partial charge on any atom is -0.512 e. The number of allylic oxidation sites excluding steroid dienone is 2. The van der Waals surface area contributed by atoms with E-state index in [1.54, 1.807) is 0 Å². The first-order valence-electron chi connectivity index (χ1n) is 7.59. The second kappa shape index (κ2) is 5.76. The molecule has 0 aromatic rings. The van der Waals surface area contributed by atoms with Crippen LogP contribution in [-0.2, 0) is 9.53 Å². The Morgan fingerprint density at radius 2 is 2.10 bits per heavy atom. The normalized spacial score (nSPS) is 33.5. The second-order valence-corrected chi connectivity index (χ2v) is 6.85. The van der Waals surface area contributed by atoms with E-state index in [1.165, 1.54) is 0 Å². The summed E-state index contributed by atoms with van der Waals surface area (Å²) < 4.78 is 5.50. The van der Waals surface area contributed by atoms with Crippen LogP contribution in [0.25, 0.3) is 0 Å². The van der Waals surface area contributed by atoms with Crippen LogP contribution >= 0.6 is 0 Å². The number of carbonyl (C=O) groups excluding carboxylic acids is 1. The average molecular weight is 281 g/mol. The number of aliphatic hydroxyl groups is 1. The van der Waals surface area contributed by atoms with Crippen molar-refractivity contribution < 1.29 is 14.6 Å². The Kier molecular flexibility index (Phi) is 4.43. The second-order valence-electron chi connectivity index (χ2n) is 6.85. The molecule has 114 valence electrons. The van der Waals surface area contributed by atoms with Crippen LogP contribution in [0.2, 0.25) is 0 Å². The molecule has 1 N–H and O–H groups in total. The van der Waals surface area contributed by atoms with Gasteiger partial charge in [-0.05, 0) is 51.3 Å². The Hall–Kier alpha value is -1.03. The van der Waals surface area contributed by atoms with Crippen molar-refractivity contribution in [1.29, 1.82) is 0 Å². The molecule has 0 aliphatic heterocycles. The van der Waals surface area contributed by atoms with Gasteiger partial charge in [0.25, 0.3) is 0 Å². The Morgan fingerprint density at radius 1 is 1.40 bits per heavy atom. The van der Waals surface area contributed by atoms with Crippen molar-refractivity contribution in [3.05, 3.63) is 11.3 Å².